The van der Waals surface area contributed by atoms with Gasteiger partial charge in [0.1, 0.15) is 11.5 Å². The van der Waals surface area contributed by atoms with E-state index < -0.39 is 22.0 Å². The maximum atomic E-state index is 12.3. The zero-order valence-electron chi connectivity index (χ0n) is 13.4. The van der Waals surface area contributed by atoms with Gasteiger partial charge in [-0.1, -0.05) is 6.07 Å². The molecule has 0 radical (unpaired) electrons. The highest BCUT2D eigenvalue weighted by atomic mass is 32.2. The molecule has 8 heteroatoms. The van der Waals surface area contributed by atoms with Gasteiger partial charge in [0.2, 0.25) is 10.0 Å². The number of fused-ring (bicyclic) bond motifs is 1. The number of rotatable bonds is 4. The summed E-state index contributed by atoms with van der Waals surface area (Å²) >= 11 is 0. The largest absolute Gasteiger partial charge is 0.476 e. The normalized spacial score (nSPS) is 17.1. The summed E-state index contributed by atoms with van der Waals surface area (Å²) in [5.41, 5.74) is 1.36. The molecule has 1 atom stereocenters. The van der Waals surface area contributed by atoms with E-state index in [9.17, 15) is 13.2 Å². The Bertz CT molecular complexity index is 845. The number of hydrogen-bond acceptors (Lipinski definition) is 5. The maximum Gasteiger partial charge on any atom is 0.263 e. The first-order valence-electron chi connectivity index (χ1n) is 7.40. The molecule has 1 N–H and O–H groups in total. The van der Waals surface area contributed by atoms with Gasteiger partial charge in [0.15, 0.2) is 6.10 Å². The number of aryl methyl sites for hydroxylation is 1. The van der Waals surface area contributed by atoms with Gasteiger partial charge in [0.25, 0.3) is 5.91 Å². The highest BCUT2D eigenvalue weighted by Gasteiger charge is 2.35. The predicted octanol–water partition coefficient (Wildman–Crippen LogP) is 1.43. The Kier molecular flexibility index (Phi) is 4.23. The third kappa shape index (κ3) is 3.38. The summed E-state index contributed by atoms with van der Waals surface area (Å²) in [6, 6.07) is 8.68. The van der Waals surface area contributed by atoms with Gasteiger partial charge in [-0.3, -0.25) is 9.10 Å². The smallest absolute Gasteiger partial charge is 0.263 e. The first-order chi connectivity index (χ1) is 11.3. The number of carbonyl (C=O) groups excluding carboxylic acids is 1. The summed E-state index contributed by atoms with van der Waals surface area (Å²) in [4.78, 5) is 12.3. The van der Waals surface area contributed by atoms with Crippen molar-refractivity contribution in [1.82, 2.24) is 5.32 Å². The SMILES string of the molecule is Cc1ccc2c(c1)N(S(C)(=O)=O)CC(C(=O)NCc1ccco1)O2. The number of nitrogens with one attached hydrogen (secondary N) is 1. The van der Waals surface area contributed by atoms with E-state index in [2.05, 4.69) is 5.32 Å². The Morgan fingerprint density at radius 2 is 2.17 bits per heavy atom. The first kappa shape index (κ1) is 16.4. The van der Waals surface area contributed by atoms with Crippen molar-refractivity contribution >= 4 is 21.6 Å². The Morgan fingerprint density at radius 1 is 1.38 bits per heavy atom. The molecule has 1 aromatic carbocycles. The predicted molar refractivity (Wildman–Crippen MR) is 88.3 cm³/mol. The van der Waals surface area contributed by atoms with E-state index in [1.165, 1.54) is 10.6 Å². The number of carbonyl (C=O) groups is 1. The van der Waals surface area contributed by atoms with Crippen molar-refractivity contribution < 1.29 is 22.4 Å². The second-order valence-corrected chi connectivity index (χ2v) is 7.58. The third-order valence-electron chi connectivity index (χ3n) is 3.69. The van der Waals surface area contributed by atoms with Crippen molar-refractivity contribution in [3.8, 4) is 5.75 Å². The van der Waals surface area contributed by atoms with Crippen LogP contribution >= 0.6 is 0 Å². The Morgan fingerprint density at radius 3 is 2.83 bits per heavy atom. The molecule has 2 aromatic rings. The van der Waals surface area contributed by atoms with Crippen molar-refractivity contribution in [3.05, 3.63) is 47.9 Å². The number of benzene rings is 1. The summed E-state index contributed by atoms with van der Waals surface area (Å²) in [7, 11) is -3.53. The number of nitrogens with zero attached hydrogens (tertiary/aromatic N) is 1. The van der Waals surface area contributed by atoms with Gasteiger partial charge in [-0.15, -0.1) is 0 Å². The number of anilines is 1. The summed E-state index contributed by atoms with van der Waals surface area (Å²) < 4.78 is 36.2. The molecule has 2 heterocycles. The van der Waals surface area contributed by atoms with Crippen LogP contribution in [-0.2, 0) is 21.4 Å². The number of amides is 1. The zero-order valence-corrected chi connectivity index (χ0v) is 14.2. The molecule has 0 spiro atoms. The number of furan rings is 1. The molecule has 1 amide bonds. The lowest BCUT2D eigenvalue weighted by atomic mass is 10.1. The minimum absolute atomic E-state index is 0.0702. The Labute approximate surface area is 140 Å². The van der Waals surface area contributed by atoms with Gasteiger partial charge in [0.05, 0.1) is 31.3 Å². The van der Waals surface area contributed by atoms with Crippen LogP contribution in [0.2, 0.25) is 0 Å². The molecule has 0 fully saturated rings. The molecule has 128 valence electrons. The molecule has 1 aliphatic heterocycles. The molecule has 1 aliphatic rings. The van der Waals surface area contributed by atoms with E-state index >= 15 is 0 Å². The van der Waals surface area contributed by atoms with Crippen LogP contribution in [0.3, 0.4) is 0 Å². The monoisotopic (exact) mass is 350 g/mol. The molecular weight excluding hydrogens is 332 g/mol. The van der Waals surface area contributed by atoms with Crippen molar-refractivity contribution in [2.24, 2.45) is 0 Å². The van der Waals surface area contributed by atoms with Crippen molar-refractivity contribution in [2.45, 2.75) is 19.6 Å². The average Bonchev–Trinajstić information content (AvgIpc) is 3.04. The van der Waals surface area contributed by atoms with Gasteiger partial charge < -0.3 is 14.5 Å². The topological polar surface area (TPSA) is 88.9 Å². The summed E-state index contributed by atoms with van der Waals surface area (Å²) in [5.74, 6) is 0.580. The quantitative estimate of drug-likeness (QED) is 0.901. The zero-order chi connectivity index (χ0) is 17.3. The van der Waals surface area contributed by atoms with Crippen LogP contribution in [0.25, 0.3) is 0 Å². The minimum atomic E-state index is -3.53. The highest BCUT2D eigenvalue weighted by molar-refractivity contribution is 7.92. The van der Waals surface area contributed by atoms with Gasteiger partial charge in [-0.05, 0) is 36.8 Å². The second-order valence-electron chi connectivity index (χ2n) is 5.67. The fourth-order valence-corrected chi connectivity index (χ4v) is 3.42. The van der Waals surface area contributed by atoms with Crippen LogP contribution in [0.5, 0.6) is 5.75 Å². The van der Waals surface area contributed by atoms with E-state index in [0.29, 0.717) is 17.2 Å². The lowest BCUT2D eigenvalue weighted by Gasteiger charge is -2.34. The van der Waals surface area contributed by atoms with Crippen LogP contribution in [0.15, 0.2) is 41.0 Å². The van der Waals surface area contributed by atoms with Crippen molar-refractivity contribution in [3.63, 3.8) is 0 Å². The van der Waals surface area contributed by atoms with E-state index in [0.717, 1.165) is 11.8 Å². The maximum absolute atomic E-state index is 12.3. The van der Waals surface area contributed by atoms with Crippen LogP contribution in [0, 0.1) is 6.92 Å². The van der Waals surface area contributed by atoms with E-state index in [1.54, 1.807) is 24.3 Å². The summed E-state index contributed by atoms with van der Waals surface area (Å²) in [6.45, 7) is 2.01. The molecule has 1 aromatic heterocycles. The molecule has 0 aliphatic carbocycles. The van der Waals surface area contributed by atoms with Crippen LogP contribution in [0.1, 0.15) is 11.3 Å². The van der Waals surface area contributed by atoms with E-state index in [4.69, 9.17) is 9.15 Å². The van der Waals surface area contributed by atoms with Gasteiger partial charge in [-0.2, -0.15) is 0 Å². The third-order valence-corrected chi connectivity index (χ3v) is 4.84. The van der Waals surface area contributed by atoms with Gasteiger partial charge in [0, 0.05) is 0 Å². The molecule has 0 bridgehead atoms. The van der Waals surface area contributed by atoms with Gasteiger partial charge in [-0.25, -0.2) is 8.42 Å². The van der Waals surface area contributed by atoms with Crippen LogP contribution in [-0.4, -0.2) is 33.2 Å². The molecule has 3 rings (SSSR count). The first-order valence-corrected chi connectivity index (χ1v) is 9.24. The van der Waals surface area contributed by atoms with E-state index in [-0.39, 0.29) is 13.1 Å². The van der Waals surface area contributed by atoms with Crippen LogP contribution < -0.4 is 14.4 Å². The molecule has 24 heavy (non-hydrogen) atoms. The lowest BCUT2D eigenvalue weighted by Crippen LogP contribution is -2.50. The Balaban J connectivity index is 1.81. The van der Waals surface area contributed by atoms with Gasteiger partial charge >= 0.3 is 0 Å². The lowest BCUT2D eigenvalue weighted by molar-refractivity contribution is -0.128. The number of hydrogen-bond donors (Lipinski definition) is 1. The number of ether oxygens (including phenoxy) is 1. The standard InChI is InChI=1S/C16H18N2O5S/c1-11-5-6-14-13(8-11)18(24(2,20)21)10-15(23-14)16(19)17-9-12-4-3-7-22-12/h3-8,15H,9-10H2,1-2H3,(H,17,19). The van der Waals surface area contributed by atoms with Crippen molar-refractivity contribution in [2.75, 3.05) is 17.1 Å². The minimum Gasteiger partial charge on any atom is -0.476 e. The molecule has 7 nitrogen and oxygen atoms in total. The Hall–Kier alpha value is -2.48. The summed E-state index contributed by atoms with van der Waals surface area (Å²) in [6.07, 6.45) is 1.70. The second kappa shape index (κ2) is 6.20. The molecular formula is C16H18N2O5S. The fraction of sp³-hybridized carbons (Fsp3) is 0.312. The van der Waals surface area contributed by atoms with E-state index in [1.807, 2.05) is 13.0 Å². The molecule has 0 saturated carbocycles. The molecule has 0 saturated heterocycles. The molecule has 1 unspecified atom stereocenters. The average molecular weight is 350 g/mol. The van der Waals surface area contributed by atoms with Crippen molar-refractivity contribution in [1.29, 1.82) is 0 Å². The van der Waals surface area contributed by atoms with Crippen LogP contribution in [0.4, 0.5) is 5.69 Å². The summed E-state index contributed by atoms with van der Waals surface area (Å²) in [5, 5.41) is 2.69. The fourth-order valence-electron chi connectivity index (χ4n) is 2.51. The number of sulfonamides is 1. The highest BCUT2D eigenvalue weighted by Crippen LogP contribution is 2.35.